The molecule has 0 aliphatic rings. The van der Waals surface area contributed by atoms with E-state index in [9.17, 15) is 9.18 Å². The lowest BCUT2D eigenvalue weighted by atomic mass is 9.92. The van der Waals surface area contributed by atoms with E-state index in [0.29, 0.717) is 24.5 Å². The molecule has 1 N–H and O–H groups in total. The van der Waals surface area contributed by atoms with Gasteiger partial charge in [0, 0.05) is 17.9 Å². The molecule has 1 amide bonds. The monoisotopic (exact) mass is 426 g/mol. The number of rotatable bonds is 7. The maximum atomic E-state index is 13.2. The van der Waals surface area contributed by atoms with Gasteiger partial charge in [-0.2, -0.15) is 0 Å². The first-order chi connectivity index (χ1) is 14.2. The number of amides is 1. The zero-order valence-electron chi connectivity index (χ0n) is 17.8. The molecule has 1 heterocycles. The van der Waals surface area contributed by atoms with Crippen molar-refractivity contribution in [3.8, 4) is 5.69 Å². The molecule has 0 unspecified atom stereocenters. The molecule has 1 aromatic heterocycles. The van der Waals surface area contributed by atoms with Gasteiger partial charge in [0.25, 0.3) is 0 Å². The van der Waals surface area contributed by atoms with Crippen LogP contribution in [-0.4, -0.2) is 20.7 Å². The number of benzene rings is 2. The fourth-order valence-electron chi connectivity index (χ4n) is 2.91. The van der Waals surface area contributed by atoms with Crippen molar-refractivity contribution in [3.05, 3.63) is 71.3 Å². The van der Waals surface area contributed by atoms with Crippen LogP contribution < -0.4 is 5.32 Å². The third-order valence-corrected chi connectivity index (χ3v) is 5.41. The number of nitrogens with one attached hydrogen (secondary N) is 1. The van der Waals surface area contributed by atoms with Gasteiger partial charge in [-0.05, 0) is 42.2 Å². The van der Waals surface area contributed by atoms with Gasteiger partial charge in [0.15, 0.2) is 11.0 Å². The summed E-state index contributed by atoms with van der Waals surface area (Å²) in [7, 11) is 0. The second kappa shape index (κ2) is 9.43. The molecule has 5 nitrogen and oxygen atoms in total. The van der Waals surface area contributed by atoms with Crippen molar-refractivity contribution >= 4 is 17.7 Å². The van der Waals surface area contributed by atoms with Gasteiger partial charge in [0.05, 0.1) is 6.54 Å². The van der Waals surface area contributed by atoms with Gasteiger partial charge in [-0.1, -0.05) is 62.4 Å². The number of hydrogen-bond acceptors (Lipinski definition) is 4. The number of aromatic nitrogens is 3. The Labute approximate surface area is 181 Å². The van der Waals surface area contributed by atoms with Crippen LogP contribution in [0.25, 0.3) is 5.69 Å². The van der Waals surface area contributed by atoms with E-state index in [-0.39, 0.29) is 17.1 Å². The normalized spacial score (nSPS) is 11.5. The summed E-state index contributed by atoms with van der Waals surface area (Å²) in [4.78, 5) is 12.3. The van der Waals surface area contributed by atoms with Gasteiger partial charge in [0.1, 0.15) is 5.82 Å². The number of carbonyl (C=O) groups is 1. The summed E-state index contributed by atoms with van der Waals surface area (Å²) in [6, 6.07) is 14.5. The lowest BCUT2D eigenvalue weighted by Crippen LogP contribution is -2.28. The van der Waals surface area contributed by atoms with E-state index in [1.165, 1.54) is 23.9 Å². The Hall–Kier alpha value is -2.67. The zero-order valence-corrected chi connectivity index (χ0v) is 18.6. The van der Waals surface area contributed by atoms with Gasteiger partial charge in [-0.3, -0.25) is 9.36 Å². The largest absolute Gasteiger partial charge is 0.349 e. The van der Waals surface area contributed by atoms with E-state index in [4.69, 9.17) is 0 Å². The number of nitrogens with zero attached hydrogens (tertiary/aromatic N) is 3. The molecule has 0 aliphatic carbocycles. The first kappa shape index (κ1) is 22.0. The summed E-state index contributed by atoms with van der Waals surface area (Å²) >= 11 is 1.52. The molecule has 0 saturated heterocycles. The van der Waals surface area contributed by atoms with Crippen molar-refractivity contribution in [3.63, 3.8) is 0 Å². The molecule has 3 aromatic rings. The zero-order chi connectivity index (χ0) is 21.7. The van der Waals surface area contributed by atoms with Crippen LogP contribution in [0.3, 0.4) is 0 Å². The first-order valence-corrected chi connectivity index (χ1v) is 10.9. The fraction of sp³-hybridized carbons (Fsp3) is 0.348. The quantitative estimate of drug-likeness (QED) is 0.537. The molecule has 0 bridgehead atoms. The van der Waals surface area contributed by atoms with Crippen molar-refractivity contribution in [1.29, 1.82) is 0 Å². The second-order valence-electron chi connectivity index (χ2n) is 8.50. The Bertz CT molecular complexity index is 992. The van der Waals surface area contributed by atoms with Gasteiger partial charge in [0.2, 0.25) is 5.91 Å². The minimum absolute atomic E-state index is 0.0125. The van der Waals surface area contributed by atoms with Crippen LogP contribution in [0.2, 0.25) is 0 Å². The van der Waals surface area contributed by atoms with Crippen LogP contribution in [0.4, 0.5) is 4.39 Å². The predicted octanol–water partition coefficient (Wildman–Crippen LogP) is 5.06. The van der Waals surface area contributed by atoms with E-state index in [2.05, 4.69) is 15.5 Å². The summed E-state index contributed by atoms with van der Waals surface area (Å²) in [5.41, 5.74) is 3.02. The minimum Gasteiger partial charge on any atom is -0.349 e. The van der Waals surface area contributed by atoms with E-state index in [0.717, 1.165) is 22.0 Å². The molecule has 0 saturated carbocycles. The Morgan fingerprint density at radius 1 is 1.07 bits per heavy atom. The van der Waals surface area contributed by atoms with Crippen LogP contribution in [0.5, 0.6) is 0 Å². The second-order valence-corrected chi connectivity index (χ2v) is 9.44. The van der Waals surface area contributed by atoms with Crippen molar-refractivity contribution in [2.45, 2.75) is 51.6 Å². The number of carbonyl (C=O) groups excluding carboxylic acids is 1. The van der Waals surface area contributed by atoms with Crippen LogP contribution >= 0.6 is 11.8 Å². The summed E-state index contributed by atoms with van der Waals surface area (Å²) < 4.78 is 15.1. The van der Waals surface area contributed by atoms with Gasteiger partial charge in [-0.25, -0.2) is 4.39 Å². The van der Waals surface area contributed by atoms with E-state index in [1.54, 1.807) is 12.1 Å². The lowest BCUT2D eigenvalue weighted by molar-refractivity contribution is -0.123. The number of thioether (sulfide) groups is 1. The summed E-state index contributed by atoms with van der Waals surface area (Å²) in [5, 5.41) is 12.4. The molecule has 0 spiro atoms. The summed E-state index contributed by atoms with van der Waals surface area (Å²) in [5.74, 6) is 1.05. The minimum atomic E-state index is -0.250. The number of halogens is 1. The average molecular weight is 427 g/mol. The number of aryl methyl sites for hydroxylation is 1. The number of hydrogen-bond donors (Lipinski definition) is 1. The topological polar surface area (TPSA) is 59.8 Å². The third-order valence-electron chi connectivity index (χ3n) is 4.41. The van der Waals surface area contributed by atoms with Crippen LogP contribution in [-0.2, 0) is 17.1 Å². The first-order valence-electron chi connectivity index (χ1n) is 9.86. The molecule has 30 heavy (non-hydrogen) atoms. The van der Waals surface area contributed by atoms with Crippen LogP contribution in [0.15, 0.2) is 53.7 Å². The Balaban J connectivity index is 1.81. The Morgan fingerprint density at radius 2 is 1.73 bits per heavy atom. The maximum Gasteiger partial charge on any atom is 0.220 e. The van der Waals surface area contributed by atoms with Crippen molar-refractivity contribution in [1.82, 2.24) is 20.1 Å². The standard InChI is InChI=1S/C23H27FN4OS/c1-16-5-11-19(12-6-16)28-20(14-25-21(29)13-23(2,3)4)26-27-22(28)30-15-17-7-9-18(24)10-8-17/h5-12H,13-15H2,1-4H3,(H,25,29). The molecule has 3 rings (SSSR count). The molecule has 7 heteroatoms. The van der Waals surface area contributed by atoms with Crippen LogP contribution in [0.1, 0.15) is 44.1 Å². The van der Waals surface area contributed by atoms with E-state index < -0.39 is 0 Å². The van der Waals surface area contributed by atoms with Crippen molar-refractivity contribution in [2.75, 3.05) is 0 Å². The Morgan fingerprint density at radius 3 is 2.37 bits per heavy atom. The fourth-order valence-corrected chi connectivity index (χ4v) is 3.84. The van der Waals surface area contributed by atoms with E-state index in [1.807, 2.05) is 56.5 Å². The molecule has 0 aliphatic heterocycles. The summed E-state index contributed by atoms with van der Waals surface area (Å²) in [6.07, 6.45) is 0.442. The molecular formula is C23H27FN4OS. The summed E-state index contributed by atoms with van der Waals surface area (Å²) in [6.45, 7) is 8.43. The van der Waals surface area contributed by atoms with Crippen molar-refractivity contribution < 1.29 is 9.18 Å². The highest BCUT2D eigenvalue weighted by Crippen LogP contribution is 2.26. The molecular weight excluding hydrogens is 399 g/mol. The van der Waals surface area contributed by atoms with Crippen LogP contribution in [0, 0.1) is 18.2 Å². The third kappa shape index (κ3) is 6.16. The highest BCUT2D eigenvalue weighted by Gasteiger charge is 2.18. The smallest absolute Gasteiger partial charge is 0.220 e. The maximum absolute atomic E-state index is 13.2. The predicted molar refractivity (Wildman–Crippen MR) is 118 cm³/mol. The Kier molecular flexibility index (Phi) is 6.92. The SMILES string of the molecule is Cc1ccc(-n2c(CNC(=O)CC(C)(C)C)nnc2SCc2ccc(F)cc2)cc1. The van der Waals surface area contributed by atoms with Gasteiger partial charge < -0.3 is 5.32 Å². The highest BCUT2D eigenvalue weighted by atomic mass is 32.2. The average Bonchev–Trinajstić information content (AvgIpc) is 3.08. The molecule has 0 atom stereocenters. The molecule has 0 fully saturated rings. The lowest BCUT2D eigenvalue weighted by Gasteiger charge is -2.17. The van der Waals surface area contributed by atoms with E-state index >= 15 is 0 Å². The van der Waals surface area contributed by atoms with Gasteiger partial charge >= 0.3 is 0 Å². The molecule has 158 valence electrons. The molecule has 2 aromatic carbocycles. The highest BCUT2D eigenvalue weighted by molar-refractivity contribution is 7.98. The molecule has 0 radical (unpaired) electrons. The van der Waals surface area contributed by atoms with Gasteiger partial charge in [-0.15, -0.1) is 10.2 Å². The van der Waals surface area contributed by atoms with Crippen molar-refractivity contribution in [2.24, 2.45) is 5.41 Å².